The lowest BCUT2D eigenvalue weighted by atomic mass is 10.1. The lowest BCUT2D eigenvalue weighted by Gasteiger charge is -2.10. The Morgan fingerprint density at radius 1 is 1.18 bits per heavy atom. The first-order valence-corrected chi connectivity index (χ1v) is 11.9. The van der Waals surface area contributed by atoms with Crippen LogP contribution >= 0.6 is 11.3 Å². The van der Waals surface area contributed by atoms with Crippen LogP contribution in [0.15, 0.2) is 40.6 Å². The van der Waals surface area contributed by atoms with Gasteiger partial charge in [0.25, 0.3) is 0 Å². The van der Waals surface area contributed by atoms with Gasteiger partial charge in [-0.2, -0.15) is 0 Å². The van der Waals surface area contributed by atoms with E-state index in [-0.39, 0.29) is 22.5 Å². The number of carbonyl (C=O) groups is 2. The molecule has 28 heavy (non-hydrogen) atoms. The van der Waals surface area contributed by atoms with E-state index in [1.165, 1.54) is 0 Å². The van der Waals surface area contributed by atoms with Gasteiger partial charge in [0.1, 0.15) is 0 Å². The first kappa shape index (κ1) is 20.5. The van der Waals surface area contributed by atoms with Crippen LogP contribution in [-0.2, 0) is 32.4 Å². The van der Waals surface area contributed by atoms with Crippen molar-refractivity contribution >= 4 is 38.7 Å². The molecule has 0 bridgehead atoms. The molecule has 0 atom stereocenters. The van der Waals surface area contributed by atoms with E-state index in [9.17, 15) is 18.0 Å². The minimum Gasteiger partial charge on any atom is -0.351 e. The number of aryl methyl sites for hydroxylation is 1. The molecule has 1 aliphatic heterocycles. The number of fused-ring (bicyclic) bond motifs is 1. The normalized spacial score (nSPS) is 14.1. The zero-order chi connectivity index (χ0) is 20.0. The van der Waals surface area contributed by atoms with E-state index in [0.29, 0.717) is 50.8 Å². The van der Waals surface area contributed by atoms with Crippen LogP contribution < -0.4 is 10.6 Å². The summed E-state index contributed by atoms with van der Waals surface area (Å²) in [6, 6.07) is 8.79. The van der Waals surface area contributed by atoms with Crippen molar-refractivity contribution in [3.8, 4) is 0 Å². The number of unbranched alkanes of at least 4 members (excludes halogenated alkanes) is 1. The Labute approximate surface area is 169 Å². The van der Waals surface area contributed by atoms with Crippen LogP contribution in [0.5, 0.6) is 0 Å². The second-order valence-electron chi connectivity index (χ2n) is 6.85. The van der Waals surface area contributed by atoms with Crippen LogP contribution in [-0.4, -0.2) is 26.0 Å². The average Bonchev–Trinajstić information content (AvgIpc) is 3.11. The third-order valence-electron chi connectivity index (χ3n) is 4.67. The number of carbonyl (C=O) groups excluding carboxylic acids is 2. The molecule has 0 radical (unpaired) electrons. The Bertz CT molecular complexity index is 937. The Kier molecular flexibility index (Phi) is 6.85. The maximum atomic E-state index is 12.6. The molecule has 1 aliphatic rings. The number of rotatable bonds is 8. The maximum absolute atomic E-state index is 12.6. The van der Waals surface area contributed by atoms with Crippen molar-refractivity contribution < 1.29 is 18.0 Å². The molecule has 0 unspecified atom stereocenters. The Hall–Kier alpha value is -2.19. The Morgan fingerprint density at radius 2 is 2.04 bits per heavy atom. The quantitative estimate of drug-likeness (QED) is 0.641. The lowest BCUT2D eigenvalue weighted by molar-refractivity contribution is -0.121. The highest BCUT2D eigenvalue weighted by Crippen LogP contribution is 2.26. The summed E-state index contributed by atoms with van der Waals surface area (Å²) in [6.45, 7) is 0.514. The molecule has 0 saturated carbocycles. The number of amides is 2. The third kappa shape index (κ3) is 5.65. The SMILES string of the molecule is O=C(CCCCS(=O)(=O)c1ccc2c(c1)CCCC(=O)N2)NCc1cccs1. The second kappa shape index (κ2) is 9.34. The van der Waals surface area contributed by atoms with Crippen molar-refractivity contribution in [2.45, 2.75) is 50.0 Å². The van der Waals surface area contributed by atoms with Gasteiger partial charge in [-0.05, 0) is 60.9 Å². The molecule has 2 aromatic rings. The minimum atomic E-state index is -3.41. The van der Waals surface area contributed by atoms with Gasteiger partial charge in [0.05, 0.1) is 17.2 Å². The van der Waals surface area contributed by atoms with Crippen molar-refractivity contribution in [2.75, 3.05) is 11.1 Å². The van der Waals surface area contributed by atoms with E-state index in [1.54, 1.807) is 29.5 Å². The summed E-state index contributed by atoms with van der Waals surface area (Å²) < 4.78 is 25.2. The molecule has 0 aliphatic carbocycles. The number of thiophene rings is 1. The number of nitrogens with one attached hydrogen (secondary N) is 2. The summed E-state index contributed by atoms with van der Waals surface area (Å²) in [5, 5.41) is 7.62. The third-order valence-corrected chi connectivity index (χ3v) is 7.34. The van der Waals surface area contributed by atoms with Gasteiger partial charge in [-0.3, -0.25) is 9.59 Å². The van der Waals surface area contributed by atoms with Crippen LogP contribution in [0.1, 0.15) is 42.5 Å². The lowest BCUT2D eigenvalue weighted by Crippen LogP contribution is -2.22. The van der Waals surface area contributed by atoms with Gasteiger partial charge in [-0.1, -0.05) is 6.07 Å². The van der Waals surface area contributed by atoms with Crippen molar-refractivity contribution in [3.05, 3.63) is 46.2 Å². The highest BCUT2D eigenvalue weighted by molar-refractivity contribution is 7.91. The predicted octanol–water partition coefficient (Wildman–Crippen LogP) is 3.28. The van der Waals surface area contributed by atoms with Crippen molar-refractivity contribution in [3.63, 3.8) is 0 Å². The number of sulfone groups is 1. The summed E-state index contributed by atoms with van der Waals surface area (Å²) in [7, 11) is -3.41. The van der Waals surface area contributed by atoms with E-state index in [2.05, 4.69) is 10.6 Å². The van der Waals surface area contributed by atoms with Crippen LogP contribution in [0, 0.1) is 0 Å². The van der Waals surface area contributed by atoms with Crippen molar-refractivity contribution in [1.29, 1.82) is 0 Å². The molecule has 6 nitrogen and oxygen atoms in total. The average molecular weight is 421 g/mol. The van der Waals surface area contributed by atoms with Gasteiger partial charge in [0, 0.05) is 23.4 Å². The molecule has 8 heteroatoms. The molecule has 0 spiro atoms. The second-order valence-corrected chi connectivity index (χ2v) is 9.99. The monoisotopic (exact) mass is 420 g/mol. The summed E-state index contributed by atoms with van der Waals surface area (Å²) in [5.41, 5.74) is 1.56. The van der Waals surface area contributed by atoms with Gasteiger partial charge >= 0.3 is 0 Å². The van der Waals surface area contributed by atoms with E-state index in [4.69, 9.17) is 0 Å². The van der Waals surface area contributed by atoms with E-state index in [0.717, 1.165) is 10.4 Å². The Balaban J connectivity index is 1.48. The largest absolute Gasteiger partial charge is 0.351 e. The predicted molar refractivity (Wildman–Crippen MR) is 110 cm³/mol. The fraction of sp³-hybridized carbons (Fsp3) is 0.400. The van der Waals surface area contributed by atoms with Crippen molar-refractivity contribution in [2.24, 2.45) is 0 Å². The van der Waals surface area contributed by atoms with Gasteiger partial charge in [-0.25, -0.2) is 8.42 Å². The summed E-state index contributed by atoms with van der Waals surface area (Å²) >= 11 is 1.59. The van der Waals surface area contributed by atoms with Crippen LogP contribution in [0.4, 0.5) is 5.69 Å². The van der Waals surface area contributed by atoms with Gasteiger partial charge in [0.2, 0.25) is 11.8 Å². The van der Waals surface area contributed by atoms with Gasteiger partial charge in [-0.15, -0.1) is 11.3 Å². The molecular formula is C20H24N2O4S2. The first-order chi connectivity index (χ1) is 13.4. The first-order valence-electron chi connectivity index (χ1n) is 9.39. The molecule has 3 rings (SSSR count). The molecule has 0 saturated heterocycles. The van der Waals surface area contributed by atoms with E-state index in [1.807, 2.05) is 17.5 Å². The van der Waals surface area contributed by atoms with Gasteiger partial charge < -0.3 is 10.6 Å². The zero-order valence-electron chi connectivity index (χ0n) is 15.6. The summed E-state index contributed by atoms with van der Waals surface area (Å²) in [4.78, 5) is 24.8. The Morgan fingerprint density at radius 3 is 2.82 bits per heavy atom. The zero-order valence-corrected chi connectivity index (χ0v) is 17.2. The molecule has 0 fully saturated rings. The number of hydrogen-bond acceptors (Lipinski definition) is 5. The number of anilines is 1. The van der Waals surface area contributed by atoms with Crippen LogP contribution in [0.3, 0.4) is 0 Å². The smallest absolute Gasteiger partial charge is 0.224 e. The van der Waals surface area contributed by atoms with E-state index < -0.39 is 9.84 Å². The summed E-state index contributed by atoms with van der Waals surface area (Å²) in [6.07, 6.45) is 3.12. The molecule has 150 valence electrons. The van der Waals surface area contributed by atoms with E-state index >= 15 is 0 Å². The highest BCUT2D eigenvalue weighted by atomic mass is 32.2. The fourth-order valence-electron chi connectivity index (χ4n) is 3.13. The topological polar surface area (TPSA) is 92.3 Å². The van der Waals surface area contributed by atoms with Gasteiger partial charge in [0.15, 0.2) is 9.84 Å². The molecule has 2 heterocycles. The molecular weight excluding hydrogens is 396 g/mol. The number of hydrogen-bond donors (Lipinski definition) is 2. The molecule has 2 N–H and O–H groups in total. The van der Waals surface area contributed by atoms with Crippen molar-refractivity contribution in [1.82, 2.24) is 5.32 Å². The highest BCUT2D eigenvalue weighted by Gasteiger charge is 2.19. The maximum Gasteiger partial charge on any atom is 0.224 e. The fourth-order valence-corrected chi connectivity index (χ4v) is 5.19. The molecule has 2 amide bonds. The molecule has 1 aromatic heterocycles. The standard InChI is InChI=1S/C20H24N2O4S2/c23-19(21-14-16-6-4-11-27-16)7-1-2-12-28(25,26)17-9-10-18-15(13-17)5-3-8-20(24)22-18/h4,6,9-11,13H,1-3,5,7-8,12,14H2,(H,21,23)(H,22,24). The van der Waals surface area contributed by atoms with Crippen LogP contribution in [0.2, 0.25) is 0 Å². The van der Waals surface area contributed by atoms with Crippen LogP contribution in [0.25, 0.3) is 0 Å². The minimum absolute atomic E-state index is 0.0103. The molecule has 1 aromatic carbocycles. The number of benzene rings is 1. The summed E-state index contributed by atoms with van der Waals surface area (Å²) in [5.74, 6) is -0.0885.